The van der Waals surface area contributed by atoms with E-state index >= 15 is 0 Å². The number of hydrogen-bond acceptors (Lipinski definition) is 4. The minimum absolute atomic E-state index is 0.194. The van der Waals surface area contributed by atoms with Gasteiger partial charge in [-0.2, -0.15) is 0 Å². The molecule has 0 saturated heterocycles. The number of aryl methyl sites for hydroxylation is 1. The molecule has 150 valence electrons. The van der Waals surface area contributed by atoms with E-state index in [1.54, 1.807) is 67.6 Å². The third-order valence-corrected chi connectivity index (χ3v) is 4.71. The first-order valence-electron chi connectivity index (χ1n) is 8.92. The van der Waals surface area contributed by atoms with Crippen molar-refractivity contribution >= 4 is 29.1 Å². The van der Waals surface area contributed by atoms with Gasteiger partial charge in [0, 0.05) is 35.4 Å². The molecule has 0 aliphatic rings. The zero-order valence-electron chi connectivity index (χ0n) is 16.4. The lowest BCUT2D eigenvalue weighted by Gasteiger charge is -2.20. The lowest BCUT2D eigenvalue weighted by Crippen LogP contribution is -2.26. The molecule has 3 rings (SSSR count). The van der Waals surface area contributed by atoms with Crippen molar-refractivity contribution in [2.45, 2.75) is 13.5 Å². The topological polar surface area (TPSA) is 71.8 Å². The maximum atomic E-state index is 12.9. The van der Waals surface area contributed by atoms with Crippen LogP contribution in [0.2, 0.25) is 5.02 Å². The maximum Gasteiger partial charge on any atom is 0.291 e. The van der Waals surface area contributed by atoms with Crippen molar-refractivity contribution in [1.82, 2.24) is 4.90 Å². The van der Waals surface area contributed by atoms with Gasteiger partial charge in [-0.3, -0.25) is 9.59 Å². The first-order chi connectivity index (χ1) is 13.9. The number of methoxy groups -OCH3 is 1. The number of furan rings is 1. The maximum absolute atomic E-state index is 12.9. The molecular formula is C22H21ClN2O4. The minimum Gasteiger partial charge on any atom is -0.496 e. The standard InChI is InChI=1S/C22H21ClN2O4/c1-14-6-7-15(12-18(14)24-21(26)20-5-4-10-29-20)22(27)25(2)13-16-11-17(23)8-9-19(16)28-3/h4-12H,13H2,1-3H3,(H,24,26). The summed E-state index contributed by atoms with van der Waals surface area (Å²) in [6.45, 7) is 2.18. The van der Waals surface area contributed by atoms with E-state index in [4.69, 9.17) is 20.8 Å². The molecule has 1 aromatic heterocycles. The van der Waals surface area contributed by atoms with E-state index in [0.717, 1.165) is 11.1 Å². The Morgan fingerprint density at radius 1 is 1.17 bits per heavy atom. The van der Waals surface area contributed by atoms with Crippen LogP contribution >= 0.6 is 11.6 Å². The van der Waals surface area contributed by atoms with Gasteiger partial charge in [-0.1, -0.05) is 17.7 Å². The van der Waals surface area contributed by atoms with Gasteiger partial charge in [-0.05, 0) is 55.0 Å². The predicted octanol–water partition coefficient (Wildman–Crippen LogP) is 4.77. The van der Waals surface area contributed by atoms with E-state index in [-0.39, 0.29) is 17.6 Å². The van der Waals surface area contributed by atoms with Crippen LogP contribution < -0.4 is 10.1 Å². The summed E-state index contributed by atoms with van der Waals surface area (Å²) in [5, 5.41) is 3.35. The summed E-state index contributed by atoms with van der Waals surface area (Å²) in [5.41, 5.74) is 2.63. The van der Waals surface area contributed by atoms with E-state index in [0.29, 0.717) is 28.6 Å². The lowest BCUT2D eigenvalue weighted by molar-refractivity contribution is 0.0784. The summed E-state index contributed by atoms with van der Waals surface area (Å²) in [6, 6.07) is 13.7. The van der Waals surface area contributed by atoms with Crippen molar-refractivity contribution < 1.29 is 18.7 Å². The molecule has 2 amide bonds. The van der Waals surface area contributed by atoms with Crippen LogP contribution in [0, 0.1) is 6.92 Å². The molecule has 0 atom stereocenters. The summed E-state index contributed by atoms with van der Waals surface area (Å²) in [7, 11) is 3.27. The molecule has 1 heterocycles. The van der Waals surface area contributed by atoms with E-state index in [1.165, 1.54) is 6.26 Å². The van der Waals surface area contributed by atoms with Crippen LogP contribution in [0.4, 0.5) is 5.69 Å². The summed E-state index contributed by atoms with van der Waals surface area (Å²) < 4.78 is 10.5. The van der Waals surface area contributed by atoms with E-state index < -0.39 is 0 Å². The number of anilines is 1. The number of amides is 2. The van der Waals surface area contributed by atoms with Crippen LogP contribution in [0.15, 0.2) is 59.2 Å². The zero-order valence-corrected chi connectivity index (χ0v) is 17.1. The van der Waals surface area contributed by atoms with E-state index in [2.05, 4.69) is 5.32 Å². The Morgan fingerprint density at radius 3 is 2.66 bits per heavy atom. The molecule has 7 heteroatoms. The fraction of sp³-hybridized carbons (Fsp3) is 0.182. The summed E-state index contributed by atoms with van der Waals surface area (Å²) in [6.07, 6.45) is 1.43. The van der Waals surface area contributed by atoms with E-state index in [1.807, 2.05) is 6.92 Å². The minimum atomic E-state index is -0.375. The fourth-order valence-corrected chi connectivity index (χ4v) is 3.09. The summed E-state index contributed by atoms with van der Waals surface area (Å²) in [5.74, 6) is 0.288. The zero-order chi connectivity index (χ0) is 21.0. The summed E-state index contributed by atoms with van der Waals surface area (Å²) >= 11 is 6.08. The number of nitrogens with zero attached hydrogens (tertiary/aromatic N) is 1. The molecule has 0 saturated carbocycles. The van der Waals surface area contributed by atoms with Gasteiger partial charge >= 0.3 is 0 Å². The number of nitrogens with one attached hydrogen (secondary N) is 1. The molecule has 3 aromatic rings. The smallest absolute Gasteiger partial charge is 0.291 e. The van der Waals surface area contributed by atoms with Crippen LogP contribution in [-0.4, -0.2) is 30.9 Å². The number of benzene rings is 2. The second-order valence-corrected chi connectivity index (χ2v) is 7.01. The third-order valence-electron chi connectivity index (χ3n) is 4.47. The Bertz CT molecular complexity index is 1030. The number of hydrogen-bond donors (Lipinski definition) is 1. The molecule has 0 aliphatic heterocycles. The molecular weight excluding hydrogens is 392 g/mol. The highest BCUT2D eigenvalue weighted by molar-refractivity contribution is 6.30. The van der Waals surface area contributed by atoms with Gasteiger partial charge in [-0.25, -0.2) is 0 Å². The second kappa shape index (κ2) is 8.84. The van der Waals surface area contributed by atoms with Gasteiger partial charge < -0.3 is 19.4 Å². The van der Waals surface area contributed by atoms with Crippen LogP contribution in [0.5, 0.6) is 5.75 Å². The number of rotatable bonds is 6. The second-order valence-electron chi connectivity index (χ2n) is 6.58. The average Bonchev–Trinajstić information content (AvgIpc) is 3.24. The molecule has 29 heavy (non-hydrogen) atoms. The van der Waals surface area contributed by atoms with Crippen molar-refractivity contribution in [3.8, 4) is 5.75 Å². The Morgan fingerprint density at radius 2 is 1.97 bits per heavy atom. The quantitative estimate of drug-likeness (QED) is 0.632. The molecule has 0 unspecified atom stereocenters. The van der Waals surface area contributed by atoms with Crippen LogP contribution in [0.1, 0.15) is 32.0 Å². The van der Waals surface area contributed by atoms with Crippen LogP contribution in [-0.2, 0) is 6.54 Å². The highest BCUT2D eigenvalue weighted by atomic mass is 35.5. The fourth-order valence-electron chi connectivity index (χ4n) is 2.90. The van der Waals surface area contributed by atoms with Crippen molar-refractivity contribution in [2.24, 2.45) is 0 Å². The molecule has 1 N–H and O–H groups in total. The first kappa shape index (κ1) is 20.5. The van der Waals surface area contributed by atoms with Crippen molar-refractivity contribution in [3.63, 3.8) is 0 Å². The number of ether oxygens (including phenoxy) is 1. The number of carbonyl (C=O) groups excluding carboxylic acids is 2. The van der Waals surface area contributed by atoms with Gasteiger partial charge in [0.15, 0.2) is 5.76 Å². The van der Waals surface area contributed by atoms with Gasteiger partial charge in [0.2, 0.25) is 0 Å². The van der Waals surface area contributed by atoms with E-state index in [9.17, 15) is 9.59 Å². The largest absolute Gasteiger partial charge is 0.496 e. The monoisotopic (exact) mass is 412 g/mol. The van der Waals surface area contributed by atoms with Crippen LogP contribution in [0.3, 0.4) is 0 Å². The van der Waals surface area contributed by atoms with Crippen LogP contribution in [0.25, 0.3) is 0 Å². The number of carbonyl (C=O) groups is 2. The highest BCUT2D eigenvalue weighted by Crippen LogP contribution is 2.25. The lowest BCUT2D eigenvalue weighted by atomic mass is 10.1. The van der Waals surface area contributed by atoms with Gasteiger partial charge in [0.1, 0.15) is 5.75 Å². The normalized spacial score (nSPS) is 10.5. The SMILES string of the molecule is COc1ccc(Cl)cc1CN(C)C(=O)c1ccc(C)c(NC(=O)c2ccco2)c1. The molecule has 2 aromatic carbocycles. The Kier molecular flexibility index (Phi) is 6.24. The van der Waals surface area contributed by atoms with Crippen molar-refractivity contribution in [2.75, 3.05) is 19.5 Å². The predicted molar refractivity (Wildman–Crippen MR) is 112 cm³/mol. The number of halogens is 1. The molecule has 0 aliphatic carbocycles. The molecule has 0 spiro atoms. The average molecular weight is 413 g/mol. The Hall–Kier alpha value is -3.25. The van der Waals surface area contributed by atoms with Crippen molar-refractivity contribution in [3.05, 3.63) is 82.3 Å². The third kappa shape index (κ3) is 4.78. The molecule has 0 radical (unpaired) electrons. The molecule has 0 fully saturated rings. The Labute approximate surface area is 174 Å². The highest BCUT2D eigenvalue weighted by Gasteiger charge is 2.17. The molecule has 6 nitrogen and oxygen atoms in total. The molecule has 0 bridgehead atoms. The Balaban J connectivity index is 1.78. The van der Waals surface area contributed by atoms with Gasteiger partial charge in [-0.15, -0.1) is 0 Å². The summed E-state index contributed by atoms with van der Waals surface area (Å²) in [4.78, 5) is 26.8. The van der Waals surface area contributed by atoms with Gasteiger partial charge in [0.05, 0.1) is 13.4 Å². The van der Waals surface area contributed by atoms with Gasteiger partial charge in [0.25, 0.3) is 11.8 Å². The van der Waals surface area contributed by atoms with Crippen molar-refractivity contribution in [1.29, 1.82) is 0 Å². The first-order valence-corrected chi connectivity index (χ1v) is 9.30.